The lowest BCUT2D eigenvalue weighted by molar-refractivity contribution is 0.102. The van der Waals surface area contributed by atoms with Crippen molar-refractivity contribution < 1.29 is 14.3 Å². The maximum atomic E-state index is 12.7. The van der Waals surface area contributed by atoms with Gasteiger partial charge in [-0.2, -0.15) is 22.7 Å². The van der Waals surface area contributed by atoms with Crippen molar-refractivity contribution in [3.63, 3.8) is 0 Å². The third kappa shape index (κ3) is 3.96. The summed E-state index contributed by atoms with van der Waals surface area (Å²) >= 11 is 4.49. The Hall–Kier alpha value is -2.75. The first-order valence-corrected chi connectivity index (χ1v) is 12.0. The zero-order valence-corrected chi connectivity index (χ0v) is 18.1. The van der Waals surface area contributed by atoms with Crippen molar-refractivity contribution in [2.45, 2.75) is 5.16 Å². The number of hydrogen-bond donors (Lipinski definition) is 0. The van der Waals surface area contributed by atoms with Gasteiger partial charge in [0.05, 0.1) is 5.75 Å². The molecule has 4 heterocycles. The van der Waals surface area contributed by atoms with E-state index < -0.39 is 0 Å². The van der Waals surface area contributed by atoms with E-state index in [0.29, 0.717) is 35.4 Å². The Bertz CT molecular complexity index is 1180. The third-order valence-electron chi connectivity index (χ3n) is 4.45. The van der Waals surface area contributed by atoms with Gasteiger partial charge in [0, 0.05) is 27.5 Å². The van der Waals surface area contributed by atoms with E-state index in [-0.39, 0.29) is 11.5 Å². The van der Waals surface area contributed by atoms with Gasteiger partial charge in [-0.15, -0.1) is 10.2 Å². The number of carbonyl (C=O) groups excluding carboxylic acids is 1. The fourth-order valence-electron chi connectivity index (χ4n) is 3.00. The summed E-state index contributed by atoms with van der Waals surface area (Å²) < 4.78 is 11.1. The number of thioether (sulfide) groups is 1. The number of ether oxygens (including phenoxy) is 2. The van der Waals surface area contributed by atoms with Crippen LogP contribution in [0.3, 0.4) is 0 Å². The number of ketones is 1. The number of thiophene rings is 2. The van der Waals surface area contributed by atoms with Gasteiger partial charge in [-0.1, -0.05) is 11.8 Å². The Morgan fingerprint density at radius 1 is 0.933 bits per heavy atom. The molecule has 4 aromatic rings. The summed E-state index contributed by atoms with van der Waals surface area (Å²) in [5, 5.41) is 17.2. The number of fused-ring (bicyclic) bond motifs is 1. The summed E-state index contributed by atoms with van der Waals surface area (Å²) in [6.07, 6.45) is 0. The van der Waals surface area contributed by atoms with Gasteiger partial charge in [0.15, 0.2) is 17.3 Å². The minimum atomic E-state index is -0.0282. The molecule has 0 bridgehead atoms. The lowest BCUT2D eigenvalue weighted by Gasteiger charge is -2.18. The quantitative estimate of drug-likeness (QED) is 0.298. The normalized spacial score (nSPS) is 12.7. The molecule has 0 unspecified atom stereocenters. The predicted molar refractivity (Wildman–Crippen MR) is 119 cm³/mol. The Labute approximate surface area is 184 Å². The third-order valence-corrected chi connectivity index (χ3v) is 6.66. The largest absolute Gasteiger partial charge is 0.486 e. The van der Waals surface area contributed by atoms with E-state index in [0.717, 1.165) is 22.5 Å². The highest BCUT2D eigenvalue weighted by molar-refractivity contribution is 7.99. The van der Waals surface area contributed by atoms with Crippen LogP contribution in [0.4, 0.5) is 0 Å². The van der Waals surface area contributed by atoms with Crippen LogP contribution < -0.4 is 9.47 Å². The molecule has 0 radical (unpaired) electrons. The Kier molecular flexibility index (Phi) is 5.48. The highest BCUT2D eigenvalue weighted by Gasteiger charge is 2.18. The molecule has 1 aliphatic rings. The highest BCUT2D eigenvalue weighted by Crippen LogP contribution is 2.33. The molecule has 6 nitrogen and oxygen atoms in total. The van der Waals surface area contributed by atoms with Crippen LogP contribution >= 0.6 is 34.4 Å². The van der Waals surface area contributed by atoms with Crippen molar-refractivity contribution >= 4 is 40.2 Å². The number of aromatic nitrogens is 3. The average molecular weight is 454 g/mol. The van der Waals surface area contributed by atoms with Crippen LogP contribution in [0.15, 0.2) is 57.0 Å². The van der Waals surface area contributed by atoms with Gasteiger partial charge in [-0.3, -0.25) is 4.79 Å². The van der Waals surface area contributed by atoms with Crippen LogP contribution in [0.5, 0.6) is 11.5 Å². The van der Waals surface area contributed by atoms with Crippen molar-refractivity contribution in [1.29, 1.82) is 0 Å². The van der Waals surface area contributed by atoms with Gasteiger partial charge in [-0.05, 0) is 41.1 Å². The molecular weight excluding hydrogens is 438 g/mol. The molecule has 150 valence electrons. The zero-order chi connectivity index (χ0) is 20.3. The van der Waals surface area contributed by atoms with E-state index in [9.17, 15) is 4.79 Å². The Morgan fingerprint density at radius 3 is 2.40 bits per heavy atom. The van der Waals surface area contributed by atoms with E-state index in [1.54, 1.807) is 40.9 Å². The molecule has 5 rings (SSSR count). The second-order valence-electron chi connectivity index (χ2n) is 6.39. The number of nitrogens with zero attached hydrogens (tertiary/aromatic N) is 3. The zero-order valence-electron chi connectivity index (χ0n) is 15.6. The number of benzene rings is 1. The minimum Gasteiger partial charge on any atom is -0.486 e. The van der Waals surface area contributed by atoms with Crippen LogP contribution in [-0.2, 0) is 0 Å². The molecule has 0 fully saturated rings. The molecule has 3 aromatic heterocycles. The molecule has 0 spiro atoms. The van der Waals surface area contributed by atoms with Gasteiger partial charge >= 0.3 is 0 Å². The summed E-state index contributed by atoms with van der Waals surface area (Å²) in [6, 6.07) is 9.28. The molecular formula is C21H15N3O3S3. The molecule has 0 saturated heterocycles. The molecule has 9 heteroatoms. The number of carbonyl (C=O) groups is 1. The molecule has 0 amide bonds. The van der Waals surface area contributed by atoms with Gasteiger partial charge in [0.25, 0.3) is 0 Å². The van der Waals surface area contributed by atoms with Crippen molar-refractivity contribution in [3.05, 3.63) is 57.4 Å². The second-order valence-corrected chi connectivity index (χ2v) is 8.89. The van der Waals surface area contributed by atoms with Crippen molar-refractivity contribution in [2.24, 2.45) is 0 Å². The van der Waals surface area contributed by atoms with E-state index in [1.807, 2.05) is 33.7 Å². The van der Waals surface area contributed by atoms with Crippen LogP contribution in [-0.4, -0.2) is 39.9 Å². The average Bonchev–Trinajstić information content (AvgIpc) is 3.51. The molecule has 0 N–H and O–H groups in total. The van der Waals surface area contributed by atoms with Crippen molar-refractivity contribution in [3.8, 4) is 34.0 Å². The molecule has 0 atom stereocenters. The second kappa shape index (κ2) is 8.55. The molecule has 1 aromatic carbocycles. The first-order valence-electron chi connectivity index (χ1n) is 9.13. The Morgan fingerprint density at radius 2 is 1.67 bits per heavy atom. The summed E-state index contributed by atoms with van der Waals surface area (Å²) in [7, 11) is 0. The lowest BCUT2D eigenvalue weighted by atomic mass is 10.1. The maximum Gasteiger partial charge on any atom is 0.210 e. The first kappa shape index (κ1) is 19.2. The lowest BCUT2D eigenvalue weighted by Crippen LogP contribution is -2.16. The molecule has 0 aliphatic carbocycles. The van der Waals surface area contributed by atoms with Gasteiger partial charge in [0.2, 0.25) is 5.16 Å². The first-order chi connectivity index (χ1) is 14.8. The topological polar surface area (TPSA) is 74.2 Å². The molecule has 30 heavy (non-hydrogen) atoms. The van der Waals surface area contributed by atoms with Crippen LogP contribution in [0.25, 0.3) is 22.5 Å². The fraction of sp³-hybridized carbons (Fsp3) is 0.143. The van der Waals surface area contributed by atoms with Crippen LogP contribution in [0.1, 0.15) is 10.4 Å². The summed E-state index contributed by atoms with van der Waals surface area (Å²) in [4.78, 5) is 17.4. The Balaban J connectivity index is 1.36. The molecule has 1 aliphatic heterocycles. The predicted octanol–water partition coefficient (Wildman–Crippen LogP) is 5.07. The summed E-state index contributed by atoms with van der Waals surface area (Å²) in [6.45, 7) is 1.01. The maximum absolute atomic E-state index is 12.7. The summed E-state index contributed by atoms with van der Waals surface area (Å²) in [5.74, 6) is 1.46. The number of hydrogen-bond acceptors (Lipinski definition) is 9. The smallest absolute Gasteiger partial charge is 0.210 e. The van der Waals surface area contributed by atoms with Gasteiger partial charge in [0.1, 0.15) is 24.6 Å². The SMILES string of the molecule is O=C(CSc1nnc(-c2ccsc2)c(-c2ccsc2)n1)c1ccc2c(c1)OCCO2. The van der Waals surface area contributed by atoms with Crippen molar-refractivity contribution in [2.75, 3.05) is 19.0 Å². The van der Waals surface area contributed by atoms with E-state index in [2.05, 4.69) is 10.2 Å². The molecule has 0 saturated carbocycles. The monoisotopic (exact) mass is 453 g/mol. The van der Waals surface area contributed by atoms with Crippen LogP contribution in [0.2, 0.25) is 0 Å². The number of rotatable bonds is 6. The van der Waals surface area contributed by atoms with E-state index in [1.165, 1.54) is 11.8 Å². The highest BCUT2D eigenvalue weighted by atomic mass is 32.2. The summed E-state index contributed by atoms with van der Waals surface area (Å²) in [5.41, 5.74) is 4.09. The van der Waals surface area contributed by atoms with E-state index >= 15 is 0 Å². The van der Waals surface area contributed by atoms with Crippen molar-refractivity contribution in [1.82, 2.24) is 15.2 Å². The van der Waals surface area contributed by atoms with Gasteiger partial charge < -0.3 is 9.47 Å². The minimum absolute atomic E-state index is 0.0282. The van der Waals surface area contributed by atoms with Gasteiger partial charge in [-0.25, -0.2) is 4.98 Å². The van der Waals surface area contributed by atoms with Crippen LogP contribution in [0, 0.1) is 0 Å². The fourth-order valence-corrected chi connectivity index (χ4v) is 4.96. The standard InChI is InChI=1S/C21H15N3O3S3/c25-16(13-1-2-17-18(9-13)27-6-5-26-17)12-30-21-22-19(14-3-7-28-10-14)20(23-24-21)15-4-8-29-11-15/h1-4,7-11H,5-6,12H2. The van der Waals surface area contributed by atoms with E-state index in [4.69, 9.17) is 14.5 Å². The number of Topliss-reactive ketones (excluding diaryl/α,β-unsaturated/α-hetero) is 1.